The number of benzene rings is 2. The fraction of sp³-hybridized carbons (Fsp3) is 0.240. The number of carboxylic acid groups (broad SMARTS) is 1. The van der Waals surface area contributed by atoms with Crippen LogP contribution in [0.5, 0.6) is 5.88 Å². The summed E-state index contributed by atoms with van der Waals surface area (Å²) in [7, 11) is -3.43. The maximum absolute atomic E-state index is 14.8. The molecule has 184 valence electrons. The third kappa shape index (κ3) is 5.23. The summed E-state index contributed by atoms with van der Waals surface area (Å²) in [5.74, 6) is -1.80. The first-order valence-electron chi connectivity index (χ1n) is 11.0. The van der Waals surface area contributed by atoms with Gasteiger partial charge in [0.15, 0.2) is 15.7 Å². The number of hydrogen-bond acceptors (Lipinski definition) is 5. The van der Waals surface area contributed by atoms with Gasteiger partial charge in [0, 0.05) is 34.0 Å². The van der Waals surface area contributed by atoms with Gasteiger partial charge in [0.25, 0.3) is 0 Å². The molecule has 10 heteroatoms. The van der Waals surface area contributed by atoms with Crippen LogP contribution in [0.3, 0.4) is 0 Å². The van der Waals surface area contributed by atoms with Crippen molar-refractivity contribution in [1.82, 2.24) is 9.97 Å². The van der Waals surface area contributed by atoms with Gasteiger partial charge in [0.1, 0.15) is 17.6 Å². The third-order valence-electron chi connectivity index (χ3n) is 5.71. The Morgan fingerprint density at radius 1 is 1.17 bits per heavy atom. The van der Waals surface area contributed by atoms with Gasteiger partial charge in [-0.15, -0.1) is 0 Å². The number of nitrogens with two attached hydrogens (primary N) is 1. The number of halogens is 1. The Morgan fingerprint density at radius 3 is 2.60 bits per heavy atom. The fourth-order valence-electron chi connectivity index (χ4n) is 4.18. The minimum Gasteiger partial charge on any atom is -0.477 e. The van der Waals surface area contributed by atoms with E-state index in [1.807, 2.05) is 25.1 Å². The number of carbonyl (C=O) groups is 1. The van der Waals surface area contributed by atoms with E-state index in [9.17, 15) is 22.7 Å². The average Bonchev–Trinajstić information content (AvgIpc) is 3.38. The highest BCUT2D eigenvalue weighted by atomic mass is 32.2. The zero-order valence-electron chi connectivity index (χ0n) is 19.3. The number of para-hydroxylation sites is 1. The third-order valence-corrected chi connectivity index (χ3v) is 6.55. The van der Waals surface area contributed by atoms with E-state index in [1.54, 1.807) is 12.1 Å². The van der Waals surface area contributed by atoms with Crippen LogP contribution < -0.4 is 10.5 Å². The van der Waals surface area contributed by atoms with Crippen LogP contribution >= 0.6 is 0 Å². The van der Waals surface area contributed by atoms with Crippen molar-refractivity contribution < 1.29 is 27.4 Å². The van der Waals surface area contributed by atoms with E-state index >= 15 is 0 Å². The van der Waals surface area contributed by atoms with Crippen molar-refractivity contribution in [2.75, 3.05) is 12.8 Å². The lowest BCUT2D eigenvalue weighted by molar-refractivity contribution is 0.0692. The highest BCUT2D eigenvalue weighted by Gasteiger charge is 2.23. The first kappa shape index (κ1) is 24.5. The number of aromatic amines is 2. The van der Waals surface area contributed by atoms with Gasteiger partial charge in [-0.05, 0) is 43.7 Å². The molecule has 0 saturated heterocycles. The summed E-state index contributed by atoms with van der Waals surface area (Å²) in [5.41, 5.74) is 8.39. The molecular formula is C25H26FN3O5S. The Labute approximate surface area is 201 Å². The molecule has 0 fully saturated rings. The summed E-state index contributed by atoms with van der Waals surface area (Å²) in [6.07, 6.45) is 1.28. The molecule has 0 amide bonds. The van der Waals surface area contributed by atoms with Crippen molar-refractivity contribution in [3.05, 3.63) is 76.9 Å². The molecular weight excluding hydrogens is 473 g/mol. The lowest BCUT2D eigenvalue weighted by atomic mass is 9.98. The summed E-state index contributed by atoms with van der Waals surface area (Å²) in [5, 5.41) is 10.5. The quantitative estimate of drug-likeness (QED) is 0.272. The Hall–Kier alpha value is -3.63. The van der Waals surface area contributed by atoms with Crippen LogP contribution in [-0.2, 0) is 22.0 Å². The summed E-state index contributed by atoms with van der Waals surface area (Å²) < 4.78 is 44.0. The summed E-state index contributed by atoms with van der Waals surface area (Å²) in [4.78, 5) is 18.2. The molecule has 4 aromatic rings. The molecule has 8 nitrogen and oxygen atoms in total. The second-order valence-corrected chi connectivity index (χ2v) is 10.6. The van der Waals surface area contributed by atoms with Crippen molar-refractivity contribution in [3.8, 4) is 17.0 Å². The minimum atomic E-state index is -3.43. The van der Waals surface area contributed by atoms with E-state index < -0.39 is 33.5 Å². The number of aromatic carboxylic acids is 1. The minimum absolute atomic E-state index is 0.0237. The first-order chi connectivity index (χ1) is 16.6. The Bertz CT molecular complexity index is 1510. The standard InChI is InChI=1S/C25H26FN3O5S/c1-14(34-21-9-8-17(28-21)10-11-27)18-4-3-5-19-22(24(25(30)31)29-23(18)19)15-6-7-16(20(26)12-15)13-35(2,32)33/h3-9,12,14,28-29H,10-11,13,27H2,1-2H3,(H,30,31). The van der Waals surface area contributed by atoms with Gasteiger partial charge in [0.2, 0.25) is 0 Å². The number of rotatable bonds is 9. The molecule has 4 rings (SSSR count). The maximum Gasteiger partial charge on any atom is 0.352 e. The normalized spacial score (nSPS) is 12.7. The molecule has 2 heterocycles. The van der Waals surface area contributed by atoms with Gasteiger partial charge >= 0.3 is 5.97 Å². The monoisotopic (exact) mass is 499 g/mol. The van der Waals surface area contributed by atoms with Crippen LogP contribution in [0.2, 0.25) is 0 Å². The van der Waals surface area contributed by atoms with Crippen molar-refractivity contribution in [3.63, 3.8) is 0 Å². The van der Waals surface area contributed by atoms with E-state index in [-0.39, 0.29) is 11.3 Å². The number of carboxylic acids is 1. The lowest BCUT2D eigenvalue weighted by Crippen LogP contribution is -2.05. The molecule has 1 unspecified atom stereocenters. The fourth-order valence-corrected chi connectivity index (χ4v) is 4.98. The molecule has 1 atom stereocenters. The van der Waals surface area contributed by atoms with Gasteiger partial charge in [-0.2, -0.15) is 0 Å². The van der Waals surface area contributed by atoms with Crippen LogP contribution in [0.1, 0.15) is 40.3 Å². The molecule has 0 saturated carbocycles. The highest BCUT2D eigenvalue weighted by molar-refractivity contribution is 7.89. The average molecular weight is 500 g/mol. The van der Waals surface area contributed by atoms with Crippen LogP contribution in [0.15, 0.2) is 48.5 Å². The smallest absolute Gasteiger partial charge is 0.352 e. The summed E-state index contributed by atoms with van der Waals surface area (Å²) in [6.45, 7) is 2.35. The molecule has 0 aliphatic heterocycles. The predicted octanol–water partition coefficient (Wildman–Crippen LogP) is 4.19. The molecule has 0 aliphatic rings. The Kier molecular flexibility index (Phi) is 6.68. The zero-order chi connectivity index (χ0) is 25.3. The molecule has 0 radical (unpaired) electrons. The topological polar surface area (TPSA) is 138 Å². The van der Waals surface area contributed by atoms with E-state index in [0.29, 0.717) is 40.9 Å². The molecule has 0 aliphatic carbocycles. The van der Waals surface area contributed by atoms with Crippen molar-refractivity contribution in [2.24, 2.45) is 5.73 Å². The van der Waals surface area contributed by atoms with Crippen molar-refractivity contribution in [1.29, 1.82) is 0 Å². The number of H-pyrrole nitrogens is 2. The molecule has 0 spiro atoms. The lowest BCUT2D eigenvalue weighted by Gasteiger charge is -2.15. The van der Waals surface area contributed by atoms with E-state index in [0.717, 1.165) is 17.5 Å². The number of fused-ring (bicyclic) bond motifs is 1. The van der Waals surface area contributed by atoms with Gasteiger partial charge in [0.05, 0.1) is 11.3 Å². The number of sulfone groups is 1. The van der Waals surface area contributed by atoms with Crippen molar-refractivity contribution >= 4 is 26.7 Å². The van der Waals surface area contributed by atoms with Crippen LogP contribution in [-0.4, -0.2) is 42.3 Å². The van der Waals surface area contributed by atoms with Crippen LogP contribution in [0.25, 0.3) is 22.0 Å². The van der Waals surface area contributed by atoms with E-state index in [1.165, 1.54) is 18.2 Å². The number of aromatic nitrogens is 2. The second kappa shape index (κ2) is 9.55. The highest BCUT2D eigenvalue weighted by Crippen LogP contribution is 2.37. The second-order valence-electron chi connectivity index (χ2n) is 8.47. The number of nitrogens with one attached hydrogen (secondary N) is 2. The molecule has 2 aromatic heterocycles. The predicted molar refractivity (Wildman–Crippen MR) is 132 cm³/mol. The van der Waals surface area contributed by atoms with Crippen LogP contribution in [0.4, 0.5) is 4.39 Å². The van der Waals surface area contributed by atoms with E-state index in [4.69, 9.17) is 10.5 Å². The molecule has 35 heavy (non-hydrogen) atoms. The van der Waals surface area contributed by atoms with Crippen molar-refractivity contribution in [2.45, 2.75) is 25.2 Å². The molecule has 2 aromatic carbocycles. The largest absolute Gasteiger partial charge is 0.477 e. The first-order valence-corrected chi connectivity index (χ1v) is 13.0. The summed E-state index contributed by atoms with van der Waals surface area (Å²) in [6, 6.07) is 13.1. The van der Waals surface area contributed by atoms with E-state index in [2.05, 4.69) is 9.97 Å². The summed E-state index contributed by atoms with van der Waals surface area (Å²) >= 11 is 0. The Balaban J connectivity index is 1.77. The van der Waals surface area contributed by atoms with Crippen LogP contribution in [0, 0.1) is 5.82 Å². The number of hydrogen-bond donors (Lipinski definition) is 4. The molecule has 5 N–H and O–H groups in total. The maximum atomic E-state index is 14.8. The Morgan fingerprint density at radius 2 is 1.94 bits per heavy atom. The van der Waals surface area contributed by atoms with Gasteiger partial charge in [-0.3, -0.25) is 0 Å². The van der Waals surface area contributed by atoms with Gasteiger partial charge < -0.3 is 25.5 Å². The zero-order valence-corrected chi connectivity index (χ0v) is 20.1. The van der Waals surface area contributed by atoms with Gasteiger partial charge in [-0.25, -0.2) is 17.6 Å². The van der Waals surface area contributed by atoms with Gasteiger partial charge in [-0.1, -0.05) is 30.3 Å². The molecule has 0 bridgehead atoms. The SMILES string of the molecule is CC(Oc1ccc(CCN)[nH]1)c1cccc2c(-c3ccc(CS(C)(=O)=O)c(F)c3)c(C(=O)O)[nH]c12. The number of ether oxygens (including phenoxy) is 1.